The number of ether oxygens (including phenoxy) is 2. The van der Waals surface area contributed by atoms with Crippen LogP contribution in [0.1, 0.15) is 63.0 Å². The Morgan fingerprint density at radius 1 is 0.857 bits per heavy atom. The molecule has 0 bridgehead atoms. The summed E-state index contributed by atoms with van der Waals surface area (Å²) in [6.45, 7) is 5.03. The zero-order chi connectivity index (χ0) is 34.6. The predicted molar refractivity (Wildman–Crippen MR) is 187 cm³/mol. The molecule has 1 aliphatic rings. The van der Waals surface area contributed by atoms with Gasteiger partial charge in [0.15, 0.2) is 5.82 Å². The molecule has 2 N–H and O–H groups in total. The lowest BCUT2D eigenvalue weighted by Gasteiger charge is -2.40. The van der Waals surface area contributed by atoms with Crippen molar-refractivity contribution in [1.82, 2.24) is 20.2 Å². The highest BCUT2D eigenvalue weighted by atomic mass is 16.5. The van der Waals surface area contributed by atoms with Gasteiger partial charge in [0.05, 0.1) is 12.5 Å². The van der Waals surface area contributed by atoms with Crippen LogP contribution in [0.2, 0.25) is 0 Å². The fourth-order valence-electron chi connectivity index (χ4n) is 5.70. The van der Waals surface area contributed by atoms with Gasteiger partial charge in [-0.15, -0.1) is 0 Å². The van der Waals surface area contributed by atoms with Crippen LogP contribution in [0.15, 0.2) is 91.3 Å². The molecule has 0 saturated carbocycles. The van der Waals surface area contributed by atoms with Crippen molar-refractivity contribution in [2.75, 3.05) is 19.7 Å². The number of nitrogens with zero attached hydrogens (tertiary/aromatic N) is 3. The van der Waals surface area contributed by atoms with E-state index in [1.807, 2.05) is 85.8 Å². The van der Waals surface area contributed by atoms with Gasteiger partial charge in [-0.1, -0.05) is 106 Å². The van der Waals surface area contributed by atoms with Gasteiger partial charge in [-0.3, -0.25) is 9.59 Å². The second-order valence-corrected chi connectivity index (χ2v) is 12.5. The standard InChI is InChI=1S/C39H44N4O6/c1-3-4-5-6-10-21-48-34-19-17-30(18-20-34)32-22-40-36(41-23-32)31-15-13-29(14-16-31)27(2)35(37(44)43-24-33(25-43)38(45)46)42-39(47)49-26-28-11-8-7-9-12-28/h7-9,11-20,22-23,27,33,35H,3-6,10,21,24-26H2,1-2H3,(H,42,47)(H,45,46). The quantitative estimate of drug-likeness (QED) is 0.121. The van der Waals surface area contributed by atoms with Gasteiger partial charge in [0.2, 0.25) is 5.91 Å². The number of likely N-dealkylation sites (tertiary alicyclic amines) is 1. The van der Waals surface area contributed by atoms with Crippen LogP contribution >= 0.6 is 0 Å². The molecule has 2 unspecified atom stereocenters. The molecule has 1 fully saturated rings. The van der Waals surface area contributed by atoms with E-state index < -0.39 is 29.9 Å². The van der Waals surface area contributed by atoms with Crippen LogP contribution in [-0.4, -0.2) is 63.7 Å². The fraction of sp³-hybridized carbons (Fsp3) is 0.359. The molecule has 0 radical (unpaired) electrons. The maximum Gasteiger partial charge on any atom is 0.408 e. The summed E-state index contributed by atoms with van der Waals surface area (Å²) >= 11 is 0. The highest BCUT2D eigenvalue weighted by Crippen LogP contribution is 2.28. The van der Waals surface area contributed by atoms with Crippen LogP contribution in [0, 0.1) is 5.92 Å². The van der Waals surface area contributed by atoms with Crippen molar-refractivity contribution in [1.29, 1.82) is 0 Å². The van der Waals surface area contributed by atoms with E-state index >= 15 is 0 Å². The Morgan fingerprint density at radius 2 is 1.51 bits per heavy atom. The summed E-state index contributed by atoms with van der Waals surface area (Å²) in [5.74, 6) is -0.942. The van der Waals surface area contributed by atoms with E-state index in [1.165, 1.54) is 30.6 Å². The first kappa shape index (κ1) is 35.1. The van der Waals surface area contributed by atoms with Crippen molar-refractivity contribution in [3.8, 4) is 28.3 Å². The largest absolute Gasteiger partial charge is 0.494 e. The van der Waals surface area contributed by atoms with E-state index in [1.54, 1.807) is 12.4 Å². The smallest absolute Gasteiger partial charge is 0.408 e. The van der Waals surface area contributed by atoms with Gasteiger partial charge in [-0.25, -0.2) is 14.8 Å². The van der Waals surface area contributed by atoms with E-state index in [2.05, 4.69) is 22.2 Å². The van der Waals surface area contributed by atoms with Crippen molar-refractivity contribution >= 4 is 18.0 Å². The lowest BCUT2D eigenvalue weighted by molar-refractivity contribution is -0.153. The molecule has 3 aromatic carbocycles. The molecule has 49 heavy (non-hydrogen) atoms. The topological polar surface area (TPSA) is 131 Å². The molecule has 2 amide bonds. The van der Waals surface area contributed by atoms with Crippen LogP contribution in [0.25, 0.3) is 22.5 Å². The van der Waals surface area contributed by atoms with Crippen LogP contribution in [0.5, 0.6) is 5.75 Å². The Bertz CT molecular complexity index is 1660. The Kier molecular flexibility index (Phi) is 12.3. The summed E-state index contributed by atoms with van der Waals surface area (Å²) in [7, 11) is 0. The highest BCUT2D eigenvalue weighted by molar-refractivity contribution is 5.88. The number of carboxylic acid groups (broad SMARTS) is 1. The molecular formula is C39H44N4O6. The van der Waals surface area contributed by atoms with E-state index in [4.69, 9.17) is 9.47 Å². The number of rotatable bonds is 16. The van der Waals surface area contributed by atoms with E-state index in [9.17, 15) is 19.5 Å². The minimum absolute atomic E-state index is 0.0548. The molecular weight excluding hydrogens is 620 g/mol. The first-order valence-electron chi connectivity index (χ1n) is 17.0. The first-order valence-corrected chi connectivity index (χ1v) is 17.0. The molecule has 1 aromatic heterocycles. The van der Waals surface area contributed by atoms with E-state index in [0.29, 0.717) is 5.82 Å². The molecule has 1 aliphatic heterocycles. The number of unbranched alkanes of at least 4 members (excludes halogenated alkanes) is 4. The molecule has 0 spiro atoms. The third-order valence-electron chi connectivity index (χ3n) is 8.85. The third kappa shape index (κ3) is 9.65. The summed E-state index contributed by atoms with van der Waals surface area (Å²) in [4.78, 5) is 48.3. The number of carboxylic acids is 1. The van der Waals surface area contributed by atoms with Crippen LogP contribution < -0.4 is 10.1 Å². The van der Waals surface area contributed by atoms with Crippen molar-refractivity contribution in [2.24, 2.45) is 5.92 Å². The molecule has 256 valence electrons. The van der Waals surface area contributed by atoms with Crippen LogP contribution in [0.3, 0.4) is 0 Å². The Labute approximate surface area is 287 Å². The number of alkyl carbamates (subject to hydrolysis) is 1. The van der Waals surface area contributed by atoms with Crippen molar-refractivity contribution < 1.29 is 29.0 Å². The number of hydrogen-bond acceptors (Lipinski definition) is 7. The zero-order valence-electron chi connectivity index (χ0n) is 28.1. The summed E-state index contributed by atoms with van der Waals surface area (Å²) in [6, 6.07) is 23.8. The van der Waals surface area contributed by atoms with Crippen molar-refractivity contribution in [2.45, 2.75) is 64.5 Å². The van der Waals surface area contributed by atoms with Crippen molar-refractivity contribution in [3.63, 3.8) is 0 Å². The van der Waals surface area contributed by atoms with Gasteiger partial charge in [-0.05, 0) is 35.2 Å². The van der Waals surface area contributed by atoms with E-state index in [0.717, 1.165) is 46.6 Å². The molecule has 10 heteroatoms. The highest BCUT2D eigenvalue weighted by Gasteiger charge is 2.40. The maximum absolute atomic E-state index is 13.5. The normalized spacial score (nSPS) is 14.0. The van der Waals surface area contributed by atoms with Gasteiger partial charge in [0.25, 0.3) is 0 Å². The average Bonchev–Trinajstić information content (AvgIpc) is 3.11. The zero-order valence-corrected chi connectivity index (χ0v) is 28.1. The second kappa shape index (κ2) is 17.2. The third-order valence-corrected chi connectivity index (χ3v) is 8.85. The van der Waals surface area contributed by atoms with Gasteiger partial charge in [-0.2, -0.15) is 0 Å². The minimum Gasteiger partial charge on any atom is -0.494 e. The lowest BCUT2D eigenvalue weighted by Crippen LogP contribution is -2.59. The number of nitrogens with one attached hydrogen (secondary N) is 1. The number of amides is 2. The Hall–Kier alpha value is -5.25. The van der Waals surface area contributed by atoms with Crippen LogP contribution in [-0.2, 0) is 20.9 Å². The van der Waals surface area contributed by atoms with E-state index in [-0.39, 0.29) is 25.6 Å². The van der Waals surface area contributed by atoms with Gasteiger partial charge < -0.3 is 24.8 Å². The van der Waals surface area contributed by atoms with Gasteiger partial charge in [0, 0.05) is 42.5 Å². The summed E-state index contributed by atoms with van der Waals surface area (Å²) in [5.41, 5.74) is 4.31. The number of carbonyl (C=O) groups excluding carboxylic acids is 2. The van der Waals surface area contributed by atoms with Gasteiger partial charge >= 0.3 is 12.1 Å². The maximum atomic E-state index is 13.5. The first-order chi connectivity index (χ1) is 23.8. The fourth-order valence-corrected chi connectivity index (χ4v) is 5.70. The molecule has 10 nitrogen and oxygen atoms in total. The minimum atomic E-state index is -0.956. The Balaban J connectivity index is 1.21. The monoisotopic (exact) mass is 664 g/mol. The average molecular weight is 665 g/mol. The number of hydrogen-bond donors (Lipinski definition) is 2. The Morgan fingerprint density at radius 3 is 2.16 bits per heavy atom. The van der Waals surface area contributed by atoms with Crippen molar-refractivity contribution in [3.05, 3.63) is 102 Å². The second-order valence-electron chi connectivity index (χ2n) is 12.5. The number of carbonyl (C=O) groups is 3. The van der Waals surface area contributed by atoms with Gasteiger partial charge in [0.1, 0.15) is 18.4 Å². The molecule has 0 aliphatic carbocycles. The summed E-state index contributed by atoms with van der Waals surface area (Å²) in [6.07, 6.45) is 8.86. The molecule has 2 heterocycles. The van der Waals surface area contributed by atoms with Crippen LogP contribution in [0.4, 0.5) is 4.79 Å². The lowest BCUT2D eigenvalue weighted by atomic mass is 9.89. The number of benzene rings is 3. The predicted octanol–water partition coefficient (Wildman–Crippen LogP) is 7.10. The SMILES string of the molecule is CCCCCCCOc1ccc(-c2cnc(-c3ccc(C(C)C(NC(=O)OCc4ccccc4)C(=O)N4CC(C(=O)O)C4)cc3)nc2)cc1. The molecule has 2 atom stereocenters. The summed E-state index contributed by atoms with van der Waals surface area (Å²) in [5, 5.41) is 12.0. The number of aliphatic carboxylic acids is 1. The number of aromatic nitrogens is 2. The summed E-state index contributed by atoms with van der Waals surface area (Å²) < 4.78 is 11.3. The molecule has 5 rings (SSSR count). The molecule has 4 aromatic rings. The molecule has 1 saturated heterocycles.